The van der Waals surface area contributed by atoms with Crippen LogP contribution in [0, 0.1) is 0 Å². The molecule has 3 aromatic carbocycles. The molecule has 2 heteroatoms. The molecule has 0 saturated heterocycles. The lowest BCUT2D eigenvalue weighted by Crippen LogP contribution is -2.63. The fourth-order valence-electron chi connectivity index (χ4n) is 4.46. The van der Waals surface area contributed by atoms with E-state index < -0.39 is 5.54 Å². The Kier molecular flexibility index (Phi) is 5.11. The van der Waals surface area contributed by atoms with E-state index in [2.05, 4.69) is 96.3 Å². The van der Waals surface area contributed by atoms with Crippen LogP contribution in [-0.4, -0.2) is 5.66 Å². The summed E-state index contributed by atoms with van der Waals surface area (Å²) in [7, 11) is 0. The number of hydrogen-bond donors (Lipinski definition) is 2. The molecule has 27 heavy (non-hydrogen) atoms. The maximum atomic E-state index is 6.95. The summed E-state index contributed by atoms with van der Waals surface area (Å²) in [4.78, 5) is 0. The Morgan fingerprint density at radius 3 is 1.33 bits per heavy atom. The second-order valence-electron chi connectivity index (χ2n) is 7.69. The molecule has 0 aromatic heterocycles. The van der Waals surface area contributed by atoms with Gasteiger partial charge in [-0.1, -0.05) is 110 Å². The summed E-state index contributed by atoms with van der Waals surface area (Å²) < 4.78 is 0. The van der Waals surface area contributed by atoms with Crippen molar-refractivity contribution < 1.29 is 0 Å². The fourth-order valence-corrected chi connectivity index (χ4v) is 4.46. The smallest absolute Gasteiger partial charge is 0.0961 e. The van der Waals surface area contributed by atoms with Gasteiger partial charge in [-0.25, -0.2) is 0 Å². The average molecular weight is 357 g/mol. The van der Waals surface area contributed by atoms with Crippen molar-refractivity contribution in [2.24, 2.45) is 5.73 Å². The number of rotatable bonds is 5. The van der Waals surface area contributed by atoms with Gasteiger partial charge >= 0.3 is 0 Å². The number of hydrogen-bond acceptors (Lipinski definition) is 2. The van der Waals surface area contributed by atoms with E-state index >= 15 is 0 Å². The fraction of sp³-hybridized carbons (Fsp3) is 0.280. The summed E-state index contributed by atoms with van der Waals surface area (Å²) >= 11 is 0. The predicted molar refractivity (Wildman–Crippen MR) is 112 cm³/mol. The molecule has 0 spiro atoms. The van der Waals surface area contributed by atoms with Gasteiger partial charge in [0.1, 0.15) is 0 Å². The Morgan fingerprint density at radius 2 is 0.963 bits per heavy atom. The van der Waals surface area contributed by atoms with Gasteiger partial charge in [0, 0.05) is 0 Å². The van der Waals surface area contributed by atoms with Crippen LogP contribution < -0.4 is 11.1 Å². The third-order valence-electron chi connectivity index (χ3n) is 5.80. The van der Waals surface area contributed by atoms with E-state index in [1.165, 1.54) is 36.0 Å². The first-order chi connectivity index (χ1) is 13.2. The van der Waals surface area contributed by atoms with Gasteiger partial charge in [0.05, 0.1) is 11.2 Å². The highest BCUT2D eigenvalue weighted by Gasteiger charge is 2.42. The van der Waals surface area contributed by atoms with Crippen LogP contribution in [0.15, 0.2) is 91.0 Å². The summed E-state index contributed by atoms with van der Waals surface area (Å²) in [6.45, 7) is 0. The highest BCUT2D eigenvalue weighted by molar-refractivity contribution is 5.49. The topological polar surface area (TPSA) is 38.0 Å². The van der Waals surface area contributed by atoms with Gasteiger partial charge in [0.15, 0.2) is 0 Å². The van der Waals surface area contributed by atoms with E-state index in [1.807, 2.05) is 0 Å². The summed E-state index contributed by atoms with van der Waals surface area (Å²) in [6, 6.07) is 32.1. The molecule has 4 rings (SSSR count). The van der Waals surface area contributed by atoms with Crippen LogP contribution in [0.25, 0.3) is 0 Å². The SMILES string of the molecule is NC1(NC(c2ccccc2)(c2ccccc2)c2ccccc2)CCCCC1. The third kappa shape index (κ3) is 3.55. The van der Waals surface area contributed by atoms with Crippen molar-refractivity contribution in [1.82, 2.24) is 5.32 Å². The minimum atomic E-state index is -0.476. The zero-order chi connectivity index (χ0) is 18.6. The lowest BCUT2D eigenvalue weighted by molar-refractivity contribution is 0.196. The maximum Gasteiger partial charge on any atom is 0.0961 e. The Bertz CT molecular complexity index is 741. The van der Waals surface area contributed by atoms with Gasteiger partial charge in [-0.15, -0.1) is 0 Å². The quantitative estimate of drug-likeness (QED) is 0.488. The minimum absolute atomic E-state index is 0.375. The van der Waals surface area contributed by atoms with Crippen LogP contribution in [0.2, 0.25) is 0 Å². The molecule has 0 heterocycles. The molecule has 0 unspecified atom stereocenters. The van der Waals surface area contributed by atoms with Crippen LogP contribution in [0.1, 0.15) is 48.8 Å². The van der Waals surface area contributed by atoms with Crippen molar-refractivity contribution in [2.75, 3.05) is 0 Å². The van der Waals surface area contributed by atoms with Crippen LogP contribution in [0.5, 0.6) is 0 Å². The maximum absolute atomic E-state index is 6.95. The number of nitrogens with two attached hydrogens (primary N) is 1. The number of benzene rings is 3. The summed E-state index contributed by atoms with van der Waals surface area (Å²) in [6.07, 6.45) is 5.63. The highest BCUT2D eigenvalue weighted by atomic mass is 15.2. The lowest BCUT2D eigenvalue weighted by atomic mass is 9.74. The lowest BCUT2D eigenvalue weighted by Gasteiger charge is -2.46. The molecule has 1 aliphatic carbocycles. The molecule has 0 aliphatic heterocycles. The monoisotopic (exact) mass is 356 g/mol. The van der Waals surface area contributed by atoms with E-state index in [0.717, 1.165) is 12.8 Å². The Labute approximate surface area is 162 Å². The highest BCUT2D eigenvalue weighted by Crippen LogP contribution is 2.40. The summed E-state index contributed by atoms with van der Waals surface area (Å²) in [5.74, 6) is 0. The van der Waals surface area contributed by atoms with Crippen molar-refractivity contribution in [2.45, 2.75) is 43.3 Å². The zero-order valence-corrected chi connectivity index (χ0v) is 15.8. The largest absolute Gasteiger partial charge is 0.313 e. The van der Waals surface area contributed by atoms with Crippen molar-refractivity contribution in [1.29, 1.82) is 0 Å². The molecule has 0 atom stereocenters. The van der Waals surface area contributed by atoms with Crippen LogP contribution in [-0.2, 0) is 5.54 Å². The van der Waals surface area contributed by atoms with Crippen molar-refractivity contribution in [3.05, 3.63) is 108 Å². The van der Waals surface area contributed by atoms with Gasteiger partial charge in [-0.05, 0) is 29.5 Å². The molecule has 0 radical (unpaired) electrons. The van der Waals surface area contributed by atoms with E-state index in [0.29, 0.717) is 0 Å². The van der Waals surface area contributed by atoms with E-state index in [9.17, 15) is 0 Å². The molecule has 2 nitrogen and oxygen atoms in total. The second-order valence-corrected chi connectivity index (χ2v) is 7.69. The van der Waals surface area contributed by atoms with E-state index in [-0.39, 0.29) is 5.66 Å². The first-order valence-corrected chi connectivity index (χ1v) is 9.98. The molecule has 3 N–H and O–H groups in total. The zero-order valence-electron chi connectivity index (χ0n) is 15.8. The molecule has 138 valence electrons. The van der Waals surface area contributed by atoms with Crippen molar-refractivity contribution in [3.63, 3.8) is 0 Å². The molecular formula is C25H28N2. The molecule has 1 aliphatic rings. The van der Waals surface area contributed by atoms with Gasteiger partial charge in [-0.2, -0.15) is 0 Å². The third-order valence-corrected chi connectivity index (χ3v) is 5.80. The molecule has 1 fully saturated rings. The molecule has 0 bridgehead atoms. The summed E-state index contributed by atoms with van der Waals surface area (Å²) in [5, 5.41) is 3.97. The average Bonchev–Trinajstić information content (AvgIpc) is 2.74. The first-order valence-electron chi connectivity index (χ1n) is 9.98. The van der Waals surface area contributed by atoms with E-state index in [1.54, 1.807) is 0 Å². The molecular weight excluding hydrogens is 328 g/mol. The van der Waals surface area contributed by atoms with Crippen LogP contribution >= 0.6 is 0 Å². The normalized spacial score (nSPS) is 16.8. The van der Waals surface area contributed by atoms with Gasteiger partial charge in [0.2, 0.25) is 0 Å². The molecule has 0 amide bonds. The first kappa shape index (κ1) is 18.0. The standard InChI is InChI=1S/C25H28N2/c26-24(19-11-4-12-20-24)27-25(21-13-5-1-6-14-21,22-15-7-2-8-16-22)23-17-9-3-10-18-23/h1-3,5-10,13-18,27H,4,11-12,19-20,26H2. The summed E-state index contributed by atoms with van der Waals surface area (Å²) in [5.41, 5.74) is 9.76. The Hall–Kier alpha value is -2.42. The molecule has 3 aromatic rings. The minimum Gasteiger partial charge on any atom is -0.313 e. The van der Waals surface area contributed by atoms with Crippen LogP contribution in [0.3, 0.4) is 0 Å². The number of nitrogens with one attached hydrogen (secondary N) is 1. The van der Waals surface area contributed by atoms with E-state index in [4.69, 9.17) is 5.73 Å². The predicted octanol–water partition coefficient (Wildman–Crippen LogP) is 5.19. The van der Waals surface area contributed by atoms with Crippen molar-refractivity contribution in [3.8, 4) is 0 Å². The molecule has 1 saturated carbocycles. The van der Waals surface area contributed by atoms with Gasteiger partial charge in [-0.3, -0.25) is 5.32 Å². The van der Waals surface area contributed by atoms with Crippen molar-refractivity contribution >= 4 is 0 Å². The Balaban J connectivity index is 1.94. The van der Waals surface area contributed by atoms with Gasteiger partial charge < -0.3 is 5.73 Å². The Morgan fingerprint density at radius 1 is 0.593 bits per heavy atom. The van der Waals surface area contributed by atoms with Crippen LogP contribution in [0.4, 0.5) is 0 Å². The second kappa shape index (κ2) is 7.67. The van der Waals surface area contributed by atoms with Gasteiger partial charge in [0.25, 0.3) is 0 Å².